The molecule has 0 aliphatic carbocycles. The normalized spacial score (nSPS) is 9.00. The quantitative estimate of drug-likeness (QED) is 0.577. The van der Waals surface area contributed by atoms with Crippen LogP contribution in [0.4, 0.5) is 4.79 Å². The van der Waals surface area contributed by atoms with Crippen LogP contribution < -0.4 is 5.32 Å². The van der Waals surface area contributed by atoms with Crippen molar-refractivity contribution in [2.45, 2.75) is 0 Å². The van der Waals surface area contributed by atoms with Crippen LogP contribution in [-0.2, 0) is 4.74 Å². The molecule has 0 aromatic heterocycles. The summed E-state index contributed by atoms with van der Waals surface area (Å²) in [5.74, 6) is 0.284. The first-order valence-corrected chi connectivity index (χ1v) is 3.42. The Morgan fingerprint density at radius 3 is 2.90 bits per heavy atom. The van der Waals surface area contributed by atoms with Crippen LogP contribution in [0.3, 0.4) is 0 Å². The largest absolute Gasteiger partial charge is 0.448 e. The van der Waals surface area contributed by atoms with Crippen molar-refractivity contribution in [3.8, 4) is 0 Å². The minimum atomic E-state index is -0.547. The first-order valence-electron chi connectivity index (χ1n) is 2.88. The zero-order valence-corrected chi connectivity index (χ0v) is 6.23. The van der Waals surface area contributed by atoms with Crippen molar-refractivity contribution >= 4 is 17.7 Å². The standard InChI is InChI=1S/C5H10ClNO3/c6-1-4-10-5(9)7-2-3-8/h8H,1-4H2,(H,7,9). The predicted octanol–water partition coefficient (Wildman–Crippen LogP) is -0.0563. The van der Waals surface area contributed by atoms with E-state index in [0.717, 1.165) is 0 Å². The number of ether oxygens (including phenoxy) is 1. The van der Waals surface area contributed by atoms with Crippen molar-refractivity contribution in [3.63, 3.8) is 0 Å². The Morgan fingerprint density at radius 2 is 2.40 bits per heavy atom. The molecule has 0 bridgehead atoms. The van der Waals surface area contributed by atoms with E-state index < -0.39 is 6.09 Å². The van der Waals surface area contributed by atoms with Gasteiger partial charge in [-0.05, 0) is 0 Å². The molecule has 0 saturated heterocycles. The van der Waals surface area contributed by atoms with Gasteiger partial charge in [-0.2, -0.15) is 0 Å². The van der Waals surface area contributed by atoms with Crippen LogP contribution in [0.5, 0.6) is 0 Å². The Labute approximate surface area is 64.1 Å². The van der Waals surface area contributed by atoms with Crippen molar-refractivity contribution in [1.29, 1.82) is 0 Å². The number of halogens is 1. The molecular weight excluding hydrogens is 158 g/mol. The van der Waals surface area contributed by atoms with E-state index in [1.54, 1.807) is 0 Å². The van der Waals surface area contributed by atoms with Gasteiger partial charge in [0.05, 0.1) is 12.5 Å². The molecule has 0 aliphatic heterocycles. The highest BCUT2D eigenvalue weighted by Crippen LogP contribution is 1.79. The van der Waals surface area contributed by atoms with Gasteiger partial charge in [-0.15, -0.1) is 11.6 Å². The average Bonchev–Trinajstić information content (AvgIpc) is 1.97. The van der Waals surface area contributed by atoms with Crippen molar-refractivity contribution in [2.75, 3.05) is 25.6 Å². The fraction of sp³-hybridized carbons (Fsp3) is 0.800. The van der Waals surface area contributed by atoms with Gasteiger partial charge in [-0.3, -0.25) is 0 Å². The molecule has 0 radical (unpaired) electrons. The molecule has 60 valence electrons. The van der Waals surface area contributed by atoms with E-state index in [0.29, 0.717) is 0 Å². The SMILES string of the molecule is O=C(NCCO)OCCCl. The zero-order valence-electron chi connectivity index (χ0n) is 5.47. The summed E-state index contributed by atoms with van der Waals surface area (Å²) in [5.41, 5.74) is 0. The number of rotatable bonds is 4. The van der Waals surface area contributed by atoms with Gasteiger partial charge in [-0.25, -0.2) is 4.79 Å². The molecule has 0 saturated carbocycles. The summed E-state index contributed by atoms with van der Waals surface area (Å²) < 4.78 is 4.50. The Balaban J connectivity index is 3.09. The molecular formula is C5H10ClNO3. The van der Waals surface area contributed by atoms with E-state index in [-0.39, 0.29) is 25.6 Å². The third-order valence-electron chi connectivity index (χ3n) is 0.691. The van der Waals surface area contributed by atoms with Gasteiger partial charge in [0.1, 0.15) is 6.61 Å². The second kappa shape index (κ2) is 6.64. The number of hydrogen-bond acceptors (Lipinski definition) is 3. The van der Waals surface area contributed by atoms with Crippen LogP contribution in [0.2, 0.25) is 0 Å². The summed E-state index contributed by atoms with van der Waals surface area (Å²) in [7, 11) is 0. The average molecular weight is 168 g/mol. The minimum Gasteiger partial charge on any atom is -0.448 e. The van der Waals surface area contributed by atoms with Crippen LogP contribution in [0.25, 0.3) is 0 Å². The van der Waals surface area contributed by atoms with E-state index in [1.165, 1.54) is 0 Å². The van der Waals surface area contributed by atoms with Crippen LogP contribution in [0.15, 0.2) is 0 Å². The second-order valence-electron chi connectivity index (χ2n) is 1.48. The number of carbonyl (C=O) groups is 1. The first kappa shape index (κ1) is 9.52. The molecule has 0 aromatic rings. The number of aliphatic hydroxyl groups excluding tert-OH is 1. The van der Waals surface area contributed by atoms with Crippen molar-refractivity contribution in [2.24, 2.45) is 0 Å². The Hall–Kier alpha value is -0.480. The molecule has 0 atom stereocenters. The summed E-state index contributed by atoms with van der Waals surface area (Å²) in [6, 6.07) is 0. The molecule has 4 nitrogen and oxygen atoms in total. The van der Waals surface area contributed by atoms with Gasteiger partial charge in [0.15, 0.2) is 0 Å². The molecule has 0 aliphatic rings. The second-order valence-corrected chi connectivity index (χ2v) is 1.85. The summed E-state index contributed by atoms with van der Waals surface area (Å²) in [5, 5.41) is 10.5. The molecule has 0 fully saturated rings. The summed E-state index contributed by atoms with van der Waals surface area (Å²) >= 11 is 5.23. The van der Waals surface area contributed by atoms with E-state index in [9.17, 15) is 4.79 Å². The van der Waals surface area contributed by atoms with Gasteiger partial charge in [0, 0.05) is 6.54 Å². The number of nitrogens with one attached hydrogen (secondary N) is 1. The third-order valence-corrected chi connectivity index (χ3v) is 0.846. The maximum absolute atomic E-state index is 10.5. The van der Waals surface area contributed by atoms with Crippen molar-refractivity contribution in [1.82, 2.24) is 5.32 Å². The number of carbonyl (C=O) groups excluding carboxylic acids is 1. The number of hydrogen-bond donors (Lipinski definition) is 2. The highest BCUT2D eigenvalue weighted by atomic mass is 35.5. The van der Waals surface area contributed by atoms with Gasteiger partial charge in [0.25, 0.3) is 0 Å². The van der Waals surface area contributed by atoms with Crippen molar-refractivity contribution < 1.29 is 14.6 Å². The van der Waals surface area contributed by atoms with E-state index in [4.69, 9.17) is 16.7 Å². The molecule has 0 aromatic carbocycles. The van der Waals surface area contributed by atoms with Gasteiger partial charge >= 0.3 is 6.09 Å². The van der Waals surface area contributed by atoms with Gasteiger partial charge < -0.3 is 15.2 Å². The third kappa shape index (κ3) is 5.65. The molecule has 0 heterocycles. The minimum absolute atomic E-state index is 0.0873. The smallest absolute Gasteiger partial charge is 0.407 e. The summed E-state index contributed by atoms with van der Waals surface area (Å²) in [4.78, 5) is 10.5. The molecule has 5 heteroatoms. The molecule has 0 rings (SSSR count). The molecule has 0 unspecified atom stereocenters. The lowest BCUT2D eigenvalue weighted by molar-refractivity contribution is 0.150. The lowest BCUT2D eigenvalue weighted by atomic mass is 10.7. The number of alkyl carbamates (subject to hydrolysis) is 1. The Bertz CT molecular complexity index is 88.9. The molecule has 1 amide bonds. The topological polar surface area (TPSA) is 58.6 Å². The maximum Gasteiger partial charge on any atom is 0.407 e. The van der Waals surface area contributed by atoms with Crippen LogP contribution >= 0.6 is 11.6 Å². The van der Waals surface area contributed by atoms with Crippen LogP contribution in [-0.4, -0.2) is 36.8 Å². The van der Waals surface area contributed by atoms with E-state index >= 15 is 0 Å². The highest BCUT2D eigenvalue weighted by molar-refractivity contribution is 6.18. The predicted molar refractivity (Wildman–Crippen MR) is 37.2 cm³/mol. The lowest BCUT2D eigenvalue weighted by Crippen LogP contribution is -2.27. The fourth-order valence-corrected chi connectivity index (χ4v) is 0.417. The Morgan fingerprint density at radius 1 is 1.70 bits per heavy atom. The zero-order chi connectivity index (χ0) is 7.82. The number of alkyl halides is 1. The van der Waals surface area contributed by atoms with Crippen molar-refractivity contribution in [3.05, 3.63) is 0 Å². The lowest BCUT2D eigenvalue weighted by Gasteiger charge is -2.02. The van der Waals surface area contributed by atoms with E-state index in [1.807, 2.05) is 0 Å². The van der Waals surface area contributed by atoms with E-state index in [2.05, 4.69) is 10.1 Å². The Kier molecular flexibility index (Phi) is 6.32. The van der Waals surface area contributed by atoms with Gasteiger partial charge in [0.2, 0.25) is 0 Å². The molecule has 0 spiro atoms. The number of amides is 1. The summed E-state index contributed by atoms with van der Waals surface area (Å²) in [6.07, 6.45) is -0.547. The highest BCUT2D eigenvalue weighted by Gasteiger charge is 1.97. The summed E-state index contributed by atoms with van der Waals surface area (Å²) in [6.45, 7) is 0.315. The first-order chi connectivity index (χ1) is 4.81. The monoisotopic (exact) mass is 167 g/mol. The molecule has 2 N–H and O–H groups in total. The molecule has 10 heavy (non-hydrogen) atoms. The number of aliphatic hydroxyl groups is 1. The fourth-order valence-electron chi connectivity index (χ4n) is 0.340. The maximum atomic E-state index is 10.5. The van der Waals surface area contributed by atoms with Gasteiger partial charge in [-0.1, -0.05) is 0 Å². The van der Waals surface area contributed by atoms with Crippen LogP contribution in [0, 0.1) is 0 Å². The van der Waals surface area contributed by atoms with Crippen LogP contribution in [0.1, 0.15) is 0 Å².